The van der Waals surface area contributed by atoms with Crippen LogP contribution in [0.4, 0.5) is 22.0 Å². The van der Waals surface area contributed by atoms with Crippen LogP contribution in [0.2, 0.25) is 0 Å². The Bertz CT molecular complexity index is 1080. The van der Waals surface area contributed by atoms with Gasteiger partial charge in [0.05, 0.1) is 9.79 Å². The van der Waals surface area contributed by atoms with Gasteiger partial charge in [0.15, 0.2) is 11.6 Å². The summed E-state index contributed by atoms with van der Waals surface area (Å²) in [5.74, 6) is -4.62. The summed E-state index contributed by atoms with van der Waals surface area (Å²) in [6, 6.07) is 6.69. The number of alkyl halides is 3. The molecule has 0 aliphatic carbocycles. The molecule has 0 N–H and O–H groups in total. The maximum atomic E-state index is 13.3. The standard InChI is InChI=1S/C15H7F5N2O3S/c16-11-5-4-10(7-12(11)17)26(23,24)9-3-1-2-8(6-9)13-21-14(25-22-13)15(18,19)20/h1-7H. The minimum absolute atomic E-state index is 0.0621. The topological polar surface area (TPSA) is 73.1 Å². The third-order valence-corrected chi connectivity index (χ3v) is 5.02. The smallest absolute Gasteiger partial charge is 0.329 e. The quantitative estimate of drug-likeness (QED) is 0.502. The van der Waals surface area contributed by atoms with E-state index in [0.717, 1.165) is 18.2 Å². The summed E-state index contributed by atoms with van der Waals surface area (Å²) < 4.78 is 93.0. The van der Waals surface area contributed by atoms with E-state index in [2.05, 4.69) is 14.7 Å². The van der Waals surface area contributed by atoms with E-state index < -0.39 is 44.3 Å². The average molecular weight is 390 g/mol. The lowest BCUT2D eigenvalue weighted by Gasteiger charge is -2.06. The number of sulfone groups is 1. The molecular weight excluding hydrogens is 383 g/mol. The molecule has 26 heavy (non-hydrogen) atoms. The molecule has 3 aromatic rings. The van der Waals surface area contributed by atoms with Gasteiger partial charge in [-0.15, -0.1) is 0 Å². The summed E-state index contributed by atoms with van der Waals surface area (Å²) in [4.78, 5) is 2.29. The monoisotopic (exact) mass is 390 g/mol. The summed E-state index contributed by atoms with van der Waals surface area (Å²) in [7, 11) is -4.25. The van der Waals surface area contributed by atoms with Crippen LogP contribution in [-0.4, -0.2) is 18.6 Å². The highest BCUT2D eigenvalue weighted by atomic mass is 32.2. The van der Waals surface area contributed by atoms with Crippen molar-refractivity contribution >= 4 is 9.84 Å². The summed E-state index contributed by atoms with van der Waals surface area (Å²) in [6.45, 7) is 0. The minimum atomic E-state index is -4.85. The molecule has 0 atom stereocenters. The van der Waals surface area contributed by atoms with E-state index in [-0.39, 0.29) is 10.5 Å². The zero-order chi connectivity index (χ0) is 19.1. The van der Waals surface area contributed by atoms with Gasteiger partial charge in [0.1, 0.15) is 0 Å². The van der Waals surface area contributed by atoms with Crippen molar-refractivity contribution in [2.24, 2.45) is 0 Å². The molecule has 0 unspecified atom stereocenters. The molecule has 0 aliphatic heterocycles. The lowest BCUT2D eigenvalue weighted by molar-refractivity contribution is -0.159. The van der Waals surface area contributed by atoms with Crippen LogP contribution >= 0.6 is 0 Å². The Morgan fingerprint density at radius 1 is 0.923 bits per heavy atom. The number of nitrogens with zero attached hydrogens (tertiary/aromatic N) is 2. The first-order valence-corrected chi connectivity index (χ1v) is 8.29. The Balaban J connectivity index is 2.04. The molecule has 0 fully saturated rings. The molecule has 0 saturated carbocycles. The van der Waals surface area contributed by atoms with Crippen LogP contribution in [0.1, 0.15) is 5.89 Å². The fourth-order valence-corrected chi connectivity index (χ4v) is 3.36. The number of halogens is 5. The predicted octanol–water partition coefficient (Wildman–Crippen LogP) is 3.87. The lowest BCUT2D eigenvalue weighted by Crippen LogP contribution is -2.05. The SMILES string of the molecule is O=S(=O)(c1cccc(-c2noc(C(F)(F)F)n2)c1)c1ccc(F)c(F)c1. The maximum Gasteiger partial charge on any atom is 0.471 e. The first-order chi connectivity index (χ1) is 12.1. The summed E-state index contributed by atoms with van der Waals surface area (Å²) in [5, 5.41) is 3.16. The molecule has 3 rings (SSSR count). The van der Waals surface area contributed by atoms with E-state index >= 15 is 0 Å². The second kappa shape index (κ2) is 6.16. The summed E-state index contributed by atoms with van der Waals surface area (Å²) in [5.41, 5.74) is -0.0621. The zero-order valence-electron chi connectivity index (χ0n) is 12.5. The molecule has 0 saturated heterocycles. The van der Waals surface area contributed by atoms with Crippen LogP contribution in [-0.2, 0) is 16.0 Å². The van der Waals surface area contributed by atoms with Crippen LogP contribution in [0, 0.1) is 11.6 Å². The number of aromatic nitrogens is 2. The molecule has 0 bridgehead atoms. The van der Waals surface area contributed by atoms with Crippen molar-refractivity contribution < 1.29 is 34.9 Å². The molecule has 11 heteroatoms. The Kier molecular flexibility index (Phi) is 4.26. The van der Waals surface area contributed by atoms with Crippen LogP contribution in [0.3, 0.4) is 0 Å². The largest absolute Gasteiger partial charge is 0.471 e. The van der Waals surface area contributed by atoms with Crippen molar-refractivity contribution in [3.63, 3.8) is 0 Å². The Labute approximate surface area is 143 Å². The van der Waals surface area contributed by atoms with E-state index in [0.29, 0.717) is 12.1 Å². The molecule has 1 heterocycles. The molecule has 1 aromatic heterocycles. The van der Waals surface area contributed by atoms with Crippen molar-refractivity contribution in [2.45, 2.75) is 16.0 Å². The van der Waals surface area contributed by atoms with Gasteiger partial charge in [-0.1, -0.05) is 17.3 Å². The third-order valence-electron chi connectivity index (χ3n) is 3.27. The van der Waals surface area contributed by atoms with Gasteiger partial charge in [-0.25, -0.2) is 17.2 Å². The van der Waals surface area contributed by atoms with Crippen molar-refractivity contribution in [1.82, 2.24) is 10.1 Å². The highest BCUT2D eigenvalue weighted by Crippen LogP contribution is 2.30. The molecule has 0 amide bonds. The van der Waals surface area contributed by atoms with Crippen LogP contribution in [0.15, 0.2) is 56.8 Å². The van der Waals surface area contributed by atoms with Gasteiger partial charge in [-0.2, -0.15) is 18.2 Å². The van der Waals surface area contributed by atoms with E-state index in [1.807, 2.05) is 0 Å². The van der Waals surface area contributed by atoms with Gasteiger partial charge in [0.25, 0.3) is 0 Å². The molecular formula is C15H7F5N2O3S. The average Bonchev–Trinajstić information content (AvgIpc) is 3.08. The maximum absolute atomic E-state index is 13.3. The number of rotatable bonds is 3. The molecule has 136 valence electrons. The summed E-state index contributed by atoms with van der Waals surface area (Å²) in [6.07, 6.45) is -4.85. The van der Waals surface area contributed by atoms with Gasteiger partial charge < -0.3 is 4.52 Å². The summed E-state index contributed by atoms with van der Waals surface area (Å²) >= 11 is 0. The Morgan fingerprint density at radius 2 is 1.62 bits per heavy atom. The molecule has 5 nitrogen and oxygen atoms in total. The second-order valence-corrected chi connectivity index (χ2v) is 6.98. The van der Waals surface area contributed by atoms with E-state index in [1.54, 1.807) is 0 Å². The normalized spacial score (nSPS) is 12.3. The van der Waals surface area contributed by atoms with Crippen molar-refractivity contribution in [1.29, 1.82) is 0 Å². The lowest BCUT2D eigenvalue weighted by atomic mass is 10.2. The van der Waals surface area contributed by atoms with E-state index in [4.69, 9.17) is 0 Å². The van der Waals surface area contributed by atoms with Crippen molar-refractivity contribution in [2.75, 3.05) is 0 Å². The Hall–Kier alpha value is -2.82. The van der Waals surface area contributed by atoms with Crippen LogP contribution in [0.5, 0.6) is 0 Å². The van der Waals surface area contributed by atoms with Crippen molar-refractivity contribution in [3.05, 3.63) is 60.0 Å². The number of benzene rings is 2. The first-order valence-electron chi connectivity index (χ1n) is 6.80. The first kappa shape index (κ1) is 18.0. The van der Waals surface area contributed by atoms with Gasteiger partial charge in [-0.3, -0.25) is 0 Å². The number of hydrogen-bond acceptors (Lipinski definition) is 5. The molecule has 0 radical (unpaired) electrons. The third kappa shape index (κ3) is 3.29. The second-order valence-electron chi connectivity index (χ2n) is 5.03. The van der Waals surface area contributed by atoms with Crippen molar-refractivity contribution in [3.8, 4) is 11.4 Å². The zero-order valence-corrected chi connectivity index (χ0v) is 13.3. The molecule has 0 aliphatic rings. The van der Waals surface area contributed by atoms with Crippen LogP contribution < -0.4 is 0 Å². The van der Waals surface area contributed by atoms with Gasteiger partial charge in [0.2, 0.25) is 15.7 Å². The van der Waals surface area contributed by atoms with Gasteiger partial charge >= 0.3 is 12.1 Å². The fraction of sp³-hybridized carbons (Fsp3) is 0.0667. The highest BCUT2D eigenvalue weighted by molar-refractivity contribution is 7.91. The Morgan fingerprint density at radius 3 is 2.23 bits per heavy atom. The van der Waals surface area contributed by atoms with E-state index in [1.165, 1.54) is 12.1 Å². The predicted molar refractivity (Wildman–Crippen MR) is 76.5 cm³/mol. The van der Waals surface area contributed by atoms with Gasteiger partial charge in [-0.05, 0) is 30.3 Å². The molecule has 2 aromatic carbocycles. The van der Waals surface area contributed by atoms with E-state index in [9.17, 15) is 30.4 Å². The fourth-order valence-electron chi connectivity index (χ4n) is 2.04. The molecule has 0 spiro atoms. The number of hydrogen-bond donors (Lipinski definition) is 0. The van der Waals surface area contributed by atoms with Gasteiger partial charge in [0, 0.05) is 5.56 Å². The highest BCUT2D eigenvalue weighted by Gasteiger charge is 2.38. The van der Waals surface area contributed by atoms with Crippen LogP contribution in [0.25, 0.3) is 11.4 Å². The minimum Gasteiger partial charge on any atom is -0.329 e.